The van der Waals surface area contributed by atoms with Crippen molar-refractivity contribution in [3.05, 3.63) is 58.6 Å². The zero-order valence-electron chi connectivity index (χ0n) is 24.0. The number of hydrogen-bond acceptors (Lipinski definition) is 5. The van der Waals surface area contributed by atoms with Crippen LogP contribution < -0.4 is 11.1 Å². The van der Waals surface area contributed by atoms with Crippen LogP contribution in [-0.2, 0) is 12.8 Å². The molecule has 1 amide bonds. The van der Waals surface area contributed by atoms with Gasteiger partial charge in [0, 0.05) is 22.5 Å². The molecule has 2 saturated carbocycles. The predicted molar refractivity (Wildman–Crippen MR) is 167 cm³/mol. The van der Waals surface area contributed by atoms with Gasteiger partial charge in [-0.05, 0) is 106 Å². The smallest absolute Gasteiger partial charge is 0.251 e. The van der Waals surface area contributed by atoms with Crippen molar-refractivity contribution in [1.82, 2.24) is 15.2 Å². The fourth-order valence-electron chi connectivity index (χ4n) is 7.53. The minimum Gasteiger partial charge on any atom is -0.375 e. The van der Waals surface area contributed by atoms with E-state index in [9.17, 15) is 4.79 Å². The molecule has 0 saturated heterocycles. The van der Waals surface area contributed by atoms with Gasteiger partial charge in [0.05, 0.1) is 5.69 Å². The molecule has 3 aliphatic rings. The first-order chi connectivity index (χ1) is 19.6. The molecule has 0 radical (unpaired) electrons. The molecular weight excluding hydrogens is 512 g/mol. The lowest BCUT2D eigenvalue weighted by Crippen LogP contribution is -2.42. The molecule has 1 atom stereocenters. The second-order valence-corrected chi connectivity index (χ2v) is 13.8. The molecule has 3 aliphatic carbocycles. The third-order valence-electron chi connectivity index (χ3n) is 10.0. The number of fused-ring (bicyclic) bond motifs is 2. The van der Waals surface area contributed by atoms with Gasteiger partial charge in [0.1, 0.15) is 0 Å². The summed E-state index contributed by atoms with van der Waals surface area (Å²) in [6, 6.07) is 15.2. The summed E-state index contributed by atoms with van der Waals surface area (Å²) in [4.78, 5) is 21.9. The first-order valence-electron chi connectivity index (χ1n) is 15.9. The van der Waals surface area contributed by atoms with Crippen molar-refractivity contribution in [3.8, 4) is 0 Å². The summed E-state index contributed by atoms with van der Waals surface area (Å²) in [5.41, 5.74) is 8.09. The molecule has 1 heterocycles. The number of nitrogens with zero attached hydrogens (tertiary/aromatic N) is 2. The lowest BCUT2D eigenvalue weighted by Gasteiger charge is -2.37. The van der Waals surface area contributed by atoms with Gasteiger partial charge in [-0.15, -0.1) is 11.3 Å². The van der Waals surface area contributed by atoms with Gasteiger partial charge in [0.2, 0.25) is 0 Å². The van der Waals surface area contributed by atoms with E-state index in [1.54, 1.807) is 11.3 Å². The number of anilines is 1. The molecule has 0 unspecified atom stereocenters. The quantitative estimate of drug-likeness (QED) is 0.287. The molecule has 6 heteroatoms. The van der Waals surface area contributed by atoms with Gasteiger partial charge in [-0.3, -0.25) is 9.69 Å². The highest BCUT2D eigenvalue weighted by atomic mass is 32.1. The zero-order chi connectivity index (χ0) is 27.3. The van der Waals surface area contributed by atoms with Crippen LogP contribution in [0.5, 0.6) is 0 Å². The summed E-state index contributed by atoms with van der Waals surface area (Å²) < 4.78 is 0. The van der Waals surface area contributed by atoms with E-state index in [1.807, 2.05) is 24.3 Å². The normalized spacial score (nSPS) is 23.8. The summed E-state index contributed by atoms with van der Waals surface area (Å²) in [5, 5.41) is 6.38. The lowest BCUT2D eigenvalue weighted by molar-refractivity contribution is 0.0917. The number of nitrogen functional groups attached to an aromatic ring is 1. The SMILES string of the molecule is Nc1nc2c(s1)C[C@@H](N(CCC1CCCCC1)CC[C@H]1CC[C@H](NC(=O)c3ccc4ccccc4c3)CC1)CC2. The molecule has 0 aliphatic heterocycles. The standard InChI is InChI=1S/C34H46N4OS/c35-34-37-31-17-16-30(23-32(31)40-34)38(20-18-24-6-2-1-3-7-24)21-19-25-10-14-29(15-11-25)36-33(39)28-13-12-26-8-4-5-9-27(26)22-28/h4-5,8-9,12-13,22,24-25,29-30H,1-3,6-7,10-11,14-21,23H2,(H2,35,37)(H,36,39)/t25-,29-,30-/m0/s1. The van der Waals surface area contributed by atoms with Crippen LogP contribution in [0.25, 0.3) is 10.8 Å². The Bertz CT molecular complexity index is 1270. The van der Waals surface area contributed by atoms with Crippen molar-refractivity contribution in [1.29, 1.82) is 0 Å². The predicted octanol–water partition coefficient (Wildman–Crippen LogP) is 7.39. The van der Waals surface area contributed by atoms with Crippen LogP contribution in [0.2, 0.25) is 0 Å². The van der Waals surface area contributed by atoms with Gasteiger partial charge in [-0.2, -0.15) is 0 Å². The Morgan fingerprint density at radius 3 is 2.40 bits per heavy atom. The number of benzene rings is 2. The number of aryl methyl sites for hydroxylation is 1. The number of carbonyl (C=O) groups is 1. The summed E-state index contributed by atoms with van der Waals surface area (Å²) in [6.07, 6.45) is 17.9. The van der Waals surface area contributed by atoms with Crippen molar-refractivity contribution < 1.29 is 4.79 Å². The molecule has 3 N–H and O–H groups in total. The zero-order valence-corrected chi connectivity index (χ0v) is 24.8. The maximum absolute atomic E-state index is 13.0. The second kappa shape index (κ2) is 13.0. The lowest BCUT2D eigenvalue weighted by atomic mass is 9.83. The monoisotopic (exact) mass is 558 g/mol. The van der Waals surface area contributed by atoms with Crippen molar-refractivity contribution in [2.45, 2.75) is 102 Å². The van der Waals surface area contributed by atoms with Crippen LogP contribution in [-0.4, -0.2) is 41.0 Å². The Labute approximate surface area is 243 Å². The van der Waals surface area contributed by atoms with Crippen LogP contribution in [0.1, 0.15) is 98.0 Å². The molecule has 0 bridgehead atoms. The number of nitrogens with one attached hydrogen (secondary N) is 1. The number of nitrogens with two attached hydrogens (primary N) is 1. The Morgan fingerprint density at radius 1 is 0.900 bits per heavy atom. The molecule has 3 aromatic rings. The van der Waals surface area contributed by atoms with Crippen LogP contribution in [0.4, 0.5) is 5.13 Å². The molecule has 2 fully saturated rings. The number of carbonyl (C=O) groups excluding carboxylic acids is 1. The number of amides is 1. The summed E-state index contributed by atoms with van der Waals surface area (Å²) in [5.74, 6) is 1.77. The average molecular weight is 559 g/mol. The summed E-state index contributed by atoms with van der Waals surface area (Å²) in [6.45, 7) is 2.45. The largest absolute Gasteiger partial charge is 0.375 e. The molecule has 5 nitrogen and oxygen atoms in total. The number of aromatic nitrogens is 1. The highest BCUT2D eigenvalue weighted by Gasteiger charge is 2.29. The maximum atomic E-state index is 13.0. The van der Waals surface area contributed by atoms with E-state index < -0.39 is 0 Å². The van der Waals surface area contributed by atoms with Gasteiger partial charge in [0.15, 0.2) is 5.13 Å². The van der Waals surface area contributed by atoms with Crippen LogP contribution >= 0.6 is 11.3 Å². The van der Waals surface area contributed by atoms with E-state index in [2.05, 4.69) is 33.4 Å². The molecule has 0 spiro atoms. The summed E-state index contributed by atoms with van der Waals surface area (Å²) in [7, 11) is 0. The Hall–Kier alpha value is -2.44. The van der Waals surface area contributed by atoms with E-state index in [4.69, 9.17) is 5.73 Å². The van der Waals surface area contributed by atoms with E-state index >= 15 is 0 Å². The first kappa shape index (κ1) is 27.7. The van der Waals surface area contributed by atoms with E-state index in [0.717, 1.165) is 53.6 Å². The van der Waals surface area contributed by atoms with Crippen molar-refractivity contribution in [3.63, 3.8) is 0 Å². The highest BCUT2D eigenvalue weighted by Crippen LogP contribution is 2.33. The molecule has 1 aromatic heterocycles. The average Bonchev–Trinajstić information content (AvgIpc) is 3.37. The highest BCUT2D eigenvalue weighted by molar-refractivity contribution is 7.15. The van der Waals surface area contributed by atoms with Crippen LogP contribution in [0.3, 0.4) is 0 Å². The molecule has 2 aromatic carbocycles. The Morgan fingerprint density at radius 2 is 1.62 bits per heavy atom. The fraction of sp³-hybridized carbons (Fsp3) is 0.588. The van der Waals surface area contributed by atoms with Gasteiger partial charge in [-0.1, -0.05) is 62.4 Å². The minimum absolute atomic E-state index is 0.0727. The third kappa shape index (κ3) is 6.88. The second-order valence-electron chi connectivity index (χ2n) is 12.7. The van der Waals surface area contributed by atoms with Crippen molar-refractivity contribution in [2.75, 3.05) is 18.8 Å². The molecule has 6 rings (SSSR count). The van der Waals surface area contributed by atoms with Crippen LogP contribution in [0, 0.1) is 11.8 Å². The molecular formula is C34H46N4OS. The van der Waals surface area contributed by atoms with Crippen LogP contribution in [0.15, 0.2) is 42.5 Å². The Kier molecular flexibility index (Phi) is 9.03. The van der Waals surface area contributed by atoms with Gasteiger partial charge >= 0.3 is 0 Å². The molecule has 214 valence electrons. The minimum atomic E-state index is 0.0727. The number of rotatable bonds is 9. The van der Waals surface area contributed by atoms with E-state index in [-0.39, 0.29) is 5.91 Å². The van der Waals surface area contributed by atoms with E-state index in [1.165, 1.54) is 93.3 Å². The number of hydrogen-bond donors (Lipinski definition) is 2. The number of thiazole rings is 1. The summed E-state index contributed by atoms with van der Waals surface area (Å²) >= 11 is 1.71. The topological polar surface area (TPSA) is 71.2 Å². The van der Waals surface area contributed by atoms with Gasteiger partial charge in [-0.25, -0.2) is 4.98 Å². The first-order valence-corrected chi connectivity index (χ1v) is 16.7. The van der Waals surface area contributed by atoms with Crippen molar-refractivity contribution in [2.24, 2.45) is 11.8 Å². The van der Waals surface area contributed by atoms with Gasteiger partial charge in [0.25, 0.3) is 5.91 Å². The van der Waals surface area contributed by atoms with E-state index in [0.29, 0.717) is 12.1 Å². The molecule has 40 heavy (non-hydrogen) atoms. The van der Waals surface area contributed by atoms with Crippen molar-refractivity contribution >= 4 is 33.1 Å². The maximum Gasteiger partial charge on any atom is 0.251 e. The third-order valence-corrected chi connectivity index (χ3v) is 11.0. The Balaban J connectivity index is 1.00. The fourth-order valence-corrected chi connectivity index (χ4v) is 8.48. The van der Waals surface area contributed by atoms with Gasteiger partial charge < -0.3 is 11.1 Å².